The minimum Gasteiger partial charge on any atom is -0.317 e. The number of nitrogens with zero attached hydrogens (tertiary/aromatic N) is 2. The molecule has 0 aromatic heterocycles. The molecule has 2 saturated heterocycles. The summed E-state index contributed by atoms with van der Waals surface area (Å²) in [6, 6.07) is 2.43. The predicted molar refractivity (Wildman–Crippen MR) is 77.9 cm³/mol. The number of rotatable bonds is 5. The van der Waals surface area contributed by atoms with Crippen LogP contribution in [0.25, 0.3) is 0 Å². The first-order valence-electron chi connectivity index (χ1n) is 7.49. The van der Waals surface area contributed by atoms with Crippen molar-refractivity contribution in [2.45, 2.75) is 57.7 Å². The molecule has 2 bridgehead atoms. The van der Waals surface area contributed by atoms with Crippen LogP contribution < -0.4 is 5.32 Å². The maximum atomic E-state index is 3.49. The lowest BCUT2D eigenvalue weighted by Gasteiger charge is -2.43. The van der Waals surface area contributed by atoms with Crippen molar-refractivity contribution >= 4 is 0 Å². The van der Waals surface area contributed by atoms with Crippen LogP contribution in [-0.4, -0.2) is 62.2 Å². The van der Waals surface area contributed by atoms with E-state index in [4.69, 9.17) is 0 Å². The van der Waals surface area contributed by atoms with E-state index in [1.54, 1.807) is 0 Å². The molecule has 2 aliphatic heterocycles. The van der Waals surface area contributed by atoms with Gasteiger partial charge in [-0.1, -0.05) is 13.8 Å². The molecule has 18 heavy (non-hydrogen) atoms. The van der Waals surface area contributed by atoms with Gasteiger partial charge in [0.1, 0.15) is 0 Å². The zero-order chi connectivity index (χ0) is 13.3. The highest BCUT2D eigenvalue weighted by atomic mass is 15.2. The summed E-state index contributed by atoms with van der Waals surface area (Å²) in [5.41, 5.74) is 0.400. The van der Waals surface area contributed by atoms with Gasteiger partial charge in [-0.05, 0) is 52.2 Å². The van der Waals surface area contributed by atoms with Gasteiger partial charge in [0.25, 0.3) is 0 Å². The quantitative estimate of drug-likeness (QED) is 0.806. The summed E-state index contributed by atoms with van der Waals surface area (Å²) in [7, 11) is 6.49. The van der Waals surface area contributed by atoms with Crippen molar-refractivity contribution in [2.75, 3.05) is 34.2 Å². The van der Waals surface area contributed by atoms with Crippen molar-refractivity contribution in [1.29, 1.82) is 0 Å². The second kappa shape index (κ2) is 5.48. The maximum absolute atomic E-state index is 3.49. The molecule has 2 unspecified atom stereocenters. The highest BCUT2D eigenvalue weighted by Crippen LogP contribution is 2.37. The first kappa shape index (κ1) is 14.3. The van der Waals surface area contributed by atoms with Crippen LogP contribution in [0, 0.1) is 5.41 Å². The lowest BCUT2D eigenvalue weighted by atomic mass is 9.88. The summed E-state index contributed by atoms with van der Waals surface area (Å²) >= 11 is 0. The number of hydrogen-bond donors (Lipinski definition) is 1. The van der Waals surface area contributed by atoms with E-state index in [0.717, 1.165) is 18.1 Å². The van der Waals surface area contributed by atoms with Gasteiger partial charge in [-0.2, -0.15) is 0 Å². The number of piperidine rings is 1. The first-order valence-corrected chi connectivity index (χ1v) is 7.49. The summed E-state index contributed by atoms with van der Waals surface area (Å²) in [5, 5.41) is 3.49. The Bertz CT molecular complexity index is 261. The van der Waals surface area contributed by atoms with Crippen molar-refractivity contribution in [3.8, 4) is 0 Å². The van der Waals surface area contributed by atoms with Crippen LogP contribution in [0.3, 0.4) is 0 Å². The molecule has 0 aromatic carbocycles. The van der Waals surface area contributed by atoms with Crippen molar-refractivity contribution in [2.24, 2.45) is 5.41 Å². The Morgan fingerprint density at radius 1 is 1.17 bits per heavy atom. The van der Waals surface area contributed by atoms with E-state index in [2.05, 4.69) is 50.1 Å². The number of fused-ring (bicyclic) bond motifs is 2. The molecule has 0 spiro atoms. The molecule has 2 atom stereocenters. The van der Waals surface area contributed by atoms with Crippen LogP contribution in [0.4, 0.5) is 0 Å². The van der Waals surface area contributed by atoms with Gasteiger partial charge in [0.05, 0.1) is 0 Å². The molecule has 2 rings (SSSR count). The zero-order valence-electron chi connectivity index (χ0n) is 12.9. The summed E-state index contributed by atoms with van der Waals surface area (Å²) in [6.45, 7) is 7.27. The third-order valence-electron chi connectivity index (χ3n) is 4.65. The second-order valence-electron chi connectivity index (χ2n) is 7.42. The summed E-state index contributed by atoms with van der Waals surface area (Å²) < 4.78 is 0. The monoisotopic (exact) mass is 253 g/mol. The molecule has 2 aliphatic rings. The normalized spacial score (nSPS) is 33.3. The third kappa shape index (κ3) is 3.25. The largest absolute Gasteiger partial charge is 0.317 e. The van der Waals surface area contributed by atoms with Gasteiger partial charge in [0, 0.05) is 31.2 Å². The molecule has 3 heteroatoms. The Kier molecular flexibility index (Phi) is 4.35. The van der Waals surface area contributed by atoms with Crippen molar-refractivity contribution in [3.63, 3.8) is 0 Å². The van der Waals surface area contributed by atoms with Crippen LogP contribution in [0.5, 0.6) is 0 Å². The van der Waals surface area contributed by atoms with E-state index >= 15 is 0 Å². The number of hydrogen-bond acceptors (Lipinski definition) is 3. The average molecular weight is 253 g/mol. The molecule has 1 N–H and O–H groups in total. The van der Waals surface area contributed by atoms with Crippen LogP contribution >= 0.6 is 0 Å². The van der Waals surface area contributed by atoms with Gasteiger partial charge < -0.3 is 10.2 Å². The Balaban J connectivity index is 1.95. The Labute approximate surface area is 113 Å². The molecule has 3 nitrogen and oxygen atoms in total. The molecule has 0 saturated carbocycles. The van der Waals surface area contributed by atoms with Crippen molar-refractivity contribution < 1.29 is 0 Å². The van der Waals surface area contributed by atoms with Crippen molar-refractivity contribution in [1.82, 2.24) is 15.1 Å². The number of nitrogens with one attached hydrogen (secondary N) is 1. The van der Waals surface area contributed by atoms with E-state index < -0.39 is 0 Å². The fourth-order valence-corrected chi connectivity index (χ4v) is 4.17. The summed E-state index contributed by atoms with van der Waals surface area (Å²) in [5.74, 6) is 0. The molecular weight excluding hydrogens is 222 g/mol. The van der Waals surface area contributed by atoms with E-state index in [1.165, 1.54) is 38.8 Å². The fourth-order valence-electron chi connectivity index (χ4n) is 4.17. The highest BCUT2D eigenvalue weighted by molar-refractivity contribution is 4.98. The molecule has 0 aliphatic carbocycles. The van der Waals surface area contributed by atoms with Crippen LogP contribution in [-0.2, 0) is 0 Å². The van der Waals surface area contributed by atoms with Gasteiger partial charge in [0.2, 0.25) is 0 Å². The molecular formula is C15H31N3. The second-order valence-corrected chi connectivity index (χ2v) is 7.42. The lowest BCUT2D eigenvalue weighted by Crippen LogP contribution is -2.52. The van der Waals surface area contributed by atoms with Crippen LogP contribution in [0.1, 0.15) is 39.5 Å². The molecule has 2 heterocycles. The molecule has 106 valence electrons. The topological polar surface area (TPSA) is 18.5 Å². The van der Waals surface area contributed by atoms with Gasteiger partial charge in [-0.3, -0.25) is 4.90 Å². The molecule has 0 radical (unpaired) electrons. The SMILES string of the molecule is CNC1CC2CCC(C1)N2CC(C)(C)CN(C)C. The smallest absolute Gasteiger partial charge is 0.0114 e. The predicted octanol–water partition coefficient (Wildman–Crippen LogP) is 1.79. The van der Waals surface area contributed by atoms with E-state index in [9.17, 15) is 0 Å². The Morgan fingerprint density at radius 3 is 2.17 bits per heavy atom. The van der Waals surface area contributed by atoms with Gasteiger partial charge in [-0.15, -0.1) is 0 Å². The summed E-state index contributed by atoms with van der Waals surface area (Å²) in [4.78, 5) is 5.14. The van der Waals surface area contributed by atoms with E-state index in [1.807, 2.05) is 0 Å². The molecule has 0 aromatic rings. The van der Waals surface area contributed by atoms with Crippen LogP contribution in [0.2, 0.25) is 0 Å². The van der Waals surface area contributed by atoms with Gasteiger partial charge in [-0.25, -0.2) is 0 Å². The minimum absolute atomic E-state index is 0.400. The Morgan fingerprint density at radius 2 is 1.72 bits per heavy atom. The molecule has 0 amide bonds. The van der Waals surface area contributed by atoms with E-state index in [0.29, 0.717) is 5.41 Å². The van der Waals surface area contributed by atoms with Gasteiger partial charge >= 0.3 is 0 Å². The Hall–Kier alpha value is -0.120. The third-order valence-corrected chi connectivity index (χ3v) is 4.65. The molecule has 2 fully saturated rings. The first-order chi connectivity index (χ1) is 8.41. The lowest BCUT2D eigenvalue weighted by molar-refractivity contribution is 0.0640. The van der Waals surface area contributed by atoms with E-state index in [-0.39, 0.29) is 0 Å². The summed E-state index contributed by atoms with van der Waals surface area (Å²) in [6.07, 6.45) is 5.54. The van der Waals surface area contributed by atoms with Crippen molar-refractivity contribution in [3.05, 3.63) is 0 Å². The fraction of sp³-hybridized carbons (Fsp3) is 1.00. The zero-order valence-corrected chi connectivity index (χ0v) is 12.9. The average Bonchev–Trinajstić information content (AvgIpc) is 2.50. The minimum atomic E-state index is 0.400. The standard InChI is InChI=1S/C15H31N3/c1-15(2,10-17(4)5)11-18-13-6-7-14(18)9-12(8-13)16-3/h12-14,16H,6-11H2,1-5H3. The van der Waals surface area contributed by atoms with Gasteiger partial charge in [0.15, 0.2) is 0 Å². The maximum Gasteiger partial charge on any atom is 0.0114 e. The van der Waals surface area contributed by atoms with Crippen LogP contribution in [0.15, 0.2) is 0 Å². The highest BCUT2D eigenvalue weighted by Gasteiger charge is 2.42.